The Bertz CT molecular complexity index is 2530. The first-order valence-corrected chi connectivity index (χ1v) is 48.0. The lowest BCUT2D eigenvalue weighted by Gasteiger charge is -2.50. The lowest BCUT2D eigenvalue weighted by molar-refractivity contribution is -0.360. The highest BCUT2D eigenvalue weighted by molar-refractivity contribution is 7.47. The molecule has 0 amide bonds. The Morgan fingerprint density at radius 3 is 1.13 bits per heavy atom. The van der Waals surface area contributed by atoms with E-state index in [1.165, 1.54) is 154 Å². The number of phosphoric acid groups is 1. The summed E-state index contributed by atoms with van der Waals surface area (Å²) in [7, 11) is -5.81. The predicted octanol–water partition coefficient (Wildman–Crippen LogP) is 16.8. The fraction of sp³-hybridized carbons (Fsp3) is 0.911. The lowest BCUT2D eigenvalue weighted by atomic mass is 9.84. The summed E-state index contributed by atoms with van der Waals surface area (Å²) in [4.78, 5) is 66.4. The standard InChI is InChI=1S/C90H165O25P/c1-6-10-14-18-22-25-28-31-32-35-38-41-44-51-58-64-76(95)112-85-81(100)82(101)86(113-89-83(102)79(98)77(96)71(65-91)110-89)88(87(85)114-90-84(103)80(99)78(97)72(111-90)68-107-74(93)62-56-50-43-40-37-34-30-27-24-20-16-12-8-3)115-116(104,105)108-67-70(66-106-73(92)61-55-49-42-39-36-33-29-26-23-19-15-11-7-2)109-75(94)63-57-52-46-45-48-54-60-69(5)59-53-47-21-17-13-9-4/h25,28,34,37,69-72,77-91,96-103H,6-24,26-27,29-33,35-36,38-68H2,1-5H3,(H,104,105)/b28-25-,37-34-. The minimum atomic E-state index is -5.81. The molecular formula is C90H165O25P. The summed E-state index contributed by atoms with van der Waals surface area (Å²) in [6, 6.07) is 0. The molecule has 0 aromatic heterocycles. The van der Waals surface area contributed by atoms with Gasteiger partial charge in [0.05, 0.1) is 13.2 Å². The second-order valence-electron chi connectivity index (χ2n) is 33.4. The number of aliphatic hydroxyl groups is 9. The number of rotatable bonds is 74. The van der Waals surface area contributed by atoms with Crippen LogP contribution >= 0.6 is 7.82 Å². The van der Waals surface area contributed by atoms with Crippen LogP contribution in [0.3, 0.4) is 0 Å². The van der Waals surface area contributed by atoms with Gasteiger partial charge in [-0.1, -0.05) is 309 Å². The van der Waals surface area contributed by atoms with Crippen molar-refractivity contribution in [1.82, 2.24) is 0 Å². The number of allylic oxidation sites excluding steroid dienone is 4. The highest BCUT2D eigenvalue weighted by atomic mass is 31.2. The average Bonchev–Trinajstić information content (AvgIpc) is 0.754. The number of aliphatic hydroxyl groups excluding tert-OH is 9. The maximum Gasteiger partial charge on any atom is 0.472 e. The summed E-state index contributed by atoms with van der Waals surface area (Å²) in [5.41, 5.74) is 0. The van der Waals surface area contributed by atoms with Crippen LogP contribution in [0, 0.1) is 5.92 Å². The number of hydrogen-bond acceptors (Lipinski definition) is 24. The molecule has 3 aliphatic rings. The Morgan fingerprint density at radius 2 is 0.698 bits per heavy atom. The van der Waals surface area contributed by atoms with Gasteiger partial charge < -0.3 is 88.7 Å². The van der Waals surface area contributed by atoms with Crippen LogP contribution < -0.4 is 0 Å². The van der Waals surface area contributed by atoms with Gasteiger partial charge in [0.1, 0.15) is 92.6 Å². The molecule has 10 N–H and O–H groups in total. The summed E-state index contributed by atoms with van der Waals surface area (Å²) in [6.07, 6.45) is 26.1. The van der Waals surface area contributed by atoms with E-state index in [9.17, 15) is 74.6 Å². The predicted molar refractivity (Wildman–Crippen MR) is 449 cm³/mol. The Kier molecular flexibility index (Phi) is 63.2. The first-order chi connectivity index (χ1) is 56.1. The molecule has 3 rings (SSSR count). The molecule has 25 nitrogen and oxygen atoms in total. The summed E-state index contributed by atoms with van der Waals surface area (Å²) >= 11 is 0. The maximum atomic E-state index is 14.9. The molecule has 2 saturated heterocycles. The third-order valence-electron chi connectivity index (χ3n) is 22.8. The van der Waals surface area contributed by atoms with E-state index in [0.29, 0.717) is 44.4 Å². The Labute approximate surface area is 698 Å². The third kappa shape index (κ3) is 48.7. The fourth-order valence-corrected chi connectivity index (χ4v) is 16.3. The molecule has 0 spiro atoms. The molecule has 2 heterocycles. The zero-order valence-electron chi connectivity index (χ0n) is 72.5. The summed E-state index contributed by atoms with van der Waals surface area (Å²) in [6.45, 7) is 7.88. The van der Waals surface area contributed by atoms with Crippen LogP contribution in [0.2, 0.25) is 0 Å². The lowest BCUT2D eigenvalue weighted by Crippen LogP contribution is -2.70. The quantitative estimate of drug-likeness (QED) is 0.00889. The molecule has 0 aromatic carbocycles. The number of unbranched alkanes of at least 4 members (excludes halogenated alkanes) is 42. The topological polar surface area (TPSA) is 380 Å². The van der Waals surface area contributed by atoms with E-state index in [2.05, 4.69) is 58.9 Å². The molecule has 19 atom stereocenters. The van der Waals surface area contributed by atoms with Crippen LogP contribution in [0.25, 0.3) is 0 Å². The van der Waals surface area contributed by atoms with E-state index >= 15 is 0 Å². The minimum Gasteiger partial charge on any atom is -0.463 e. The summed E-state index contributed by atoms with van der Waals surface area (Å²) in [5.74, 6) is -2.31. The van der Waals surface area contributed by atoms with Gasteiger partial charge in [-0.2, -0.15) is 0 Å². The van der Waals surface area contributed by atoms with Gasteiger partial charge in [-0.05, 0) is 83.0 Å². The monoisotopic (exact) mass is 1680 g/mol. The fourth-order valence-electron chi connectivity index (χ4n) is 15.3. The molecule has 3 fully saturated rings. The van der Waals surface area contributed by atoms with Crippen LogP contribution in [-0.2, 0) is 70.7 Å². The Hall–Kier alpha value is -3.05. The van der Waals surface area contributed by atoms with E-state index in [0.717, 1.165) is 135 Å². The van der Waals surface area contributed by atoms with Crippen LogP contribution in [-0.4, -0.2) is 205 Å². The van der Waals surface area contributed by atoms with Crippen molar-refractivity contribution < 1.29 is 122 Å². The van der Waals surface area contributed by atoms with Gasteiger partial charge in [0.2, 0.25) is 0 Å². The molecular weight excluding hydrogens is 1510 g/mol. The second-order valence-corrected chi connectivity index (χ2v) is 34.8. The number of carbonyl (C=O) groups excluding carboxylic acids is 4. The zero-order chi connectivity index (χ0) is 84.8. The molecule has 2 aliphatic heterocycles. The SMILES string of the molecule is CCCCCC/C=C\CCCCCCCCCC(=O)OC1C(O)C(O)C(OC2OC(CO)C(O)C(O)C2O)C(OP(=O)(O)OCC(COC(=O)CCCCCCCCCCCCCCC)OC(=O)CCCCCCCCC(C)CCCCCCCC)C1OC1OC(COC(=O)CCCCC/C=C\CCCCCCCC)C(O)C(O)C1O. The molecule has 1 saturated carbocycles. The second kappa shape index (κ2) is 68.4. The Morgan fingerprint density at radius 1 is 0.362 bits per heavy atom. The van der Waals surface area contributed by atoms with Crippen LogP contribution in [0.4, 0.5) is 0 Å². The number of phosphoric ester groups is 1. The van der Waals surface area contributed by atoms with Gasteiger partial charge in [-0.15, -0.1) is 0 Å². The maximum absolute atomic E-state index is 14.9. The molecule has 1 aliphatic carbocycles. The Balaban J connectivity index is 1.94. The zero-order valence-corrected chi connectivity index (χ0v) is 73.4. The number of esters is 4. The summed E-state index contributed by atoms with van der Waals surface area (Å²) in [5, 5.41) is 102. The van der Waals surface area contributed by atoms with Crippen molar-refractivity contribution in [3.8, 4) is 0 Å². The van der Waals surface area contributed by atoms with Crippen molar-refractivity contribution >= 4 is 31.7 Å². The van der Waals surface area contributed by atoms with E-state index in [-0.39, 0.29) is 25.7 Å². The smallest absolute Gasteiger partial charge is 0.463 e. The molecule has 26 heteroatoms. The van der Waals surface area contributed by atoms with Crippen LogP contribution in [0.1, 0.15) is 388 Å². The average molecular weight is 1680 g/mol. The van der Waals surface area contributed by atoms with E-state index in [1.807, 2.05) is 0 Å². The molecule has 0 aromatic rings. The summed E-state index contributed by atoms with van der Waals surface area (Å²) < 4.78 is 73.4. The van der Waals surface area contributed by atoms with E-state index < -0.39 is 162 Å². The number of hydrogen-bond donors (Lipinski definition) is 10. The third-order valence-corrected chi connectivity index (χ3v) is 23.8. The minimum absolute atomic E-state index is 0.00668. The van der Waals surface area contributed by atoms with Gasteiger partial charge in [-0.3, -0.25) is 28.2 Å². The highest BCUT2D eigenvalue weighted by Crippen LogP contribution is 2.49. The van der Waals surface area contributed by atoms with Gasteiger partial charge >= 0.3 is 31.7 Å². The highest BCUT2D eigenvalue weighted by Gasteiger charge is 2.60. The van der Waals surface area contributed by atoms with Crippen LogP contribution in [0.15, 0.2) is 24.3 Å². The molecule has 116 heavy (non-hydrogen) atoms. The molecule has 0 radical (unpaired) electrons. The first-order valence-electron chi connectivity index (χ1n) is 46.5. The van der Waals surface area contributed by atoms with Crippen molar-refractivity contribution in [3.05, 3.63) is 24.3 Å². The van der Waals surface area contributed by atoms with Crippen molar-refractivity contribution in [2.75, 3.05) is 26.4 Å². The number of ether oxygens (including phenoxy) is 8. The van der Waals surface area contributed by atoms with Crippen LogP contribution in [0.5, 0.6) is 0 Å². The van der Waals surface area contributed by atoms with Crippen molar-refractivity contribution in [2.24, 2.45) is 5.92 Å². The van der Waals surface area contributed by atoms with Crippen molar-refractivity contribution in [2.45, 2.75) is 492 Å². The largest absolute Gasteiger partial charge is 0.472 e. The van der Waals surface area contributed by atoms with Crippen molar-refractivity contribution in [3.63, 3.8) is 0 Å². The van der Waals surface area contributed by atoms with Gasteiger partial charge in [0.15, 0.2) is 24.8 Å². The molecule has 680 valence electrons. The van der Waals surface area contributed by atoms with E-state index in [4.69, 9.17) is 46.9 Å². The normalized spacial score (nSPS) is 25.5. The van der Waals surface area contributed by atoms with Gasteiger partial charge in [0.25, 0.3) is 0 Å². The molecule has 19 unspecified atom stereocenters. The van der Waals surface area contributed by atoms with Crippen molar-refractivity contribution in [1.29, 1.82) is 0 Å². The molecule has 0 bridgehead atoms. The van der Waals surface area contributed by atoms with Gasteiger partial charge in [-0.25, -0.2) is 4.57 Å². The van der Waals surface area contributed by atoms with E-state index in [1.54, 1.807) is 0 Å². The number of carbonyl (C=O) groups is 4. The first kappa shape index (κ1) is 107. The van der Waals surface area contributed by atoms with Gasteiger partial charge in [0, 0.05) is 25.7 Å².